The molecule has 0 aliphatic carbocycles. The molecule has 0 fully saturated rings. The van der Waals surface area contributed by atoms with Crippen LogP contribution in [0.1, 0.15) is 169 Å². The summed E-state index contributed by atoms with van der Waals surface area (Å²) in [6.07, 6.45) is 0. The molecule has 117 heavy (non-hydrogen) atoms. The Bertz CT molecular complexity index is 5740. The van der Waals surface area contributed by atoms with Gasteiger partial charge in [-0.3, -0.25) is 0 Å². The van der Waals surface area contributed by atoms with Crippen molar-refractivity contribution in [3.05, 3.63) is 327 Å². The van der Waals surface area contributed by atoms with Gasteiger partial charge < -0.3 is 20.0 Å². The van der Waals surface area contributed by atoms with E-state index in [1.165, 1.54) is 103 Å². The number of halogens is 1. The zero-order valence-electron chi connectivity index (χ0n) is 74.6. The van der Waals surface area contributed by atoms with Crippen molar-refractivity contribution in [2.45, 2.75) is 210 Å². The number of fused-ring (bicyclic) bond motifs is 2. The lowest BCUT2D eigenvalue weighted by Gasteiger charge is -2.32. The Morgan fingerprint density at radius 1 is 0.291 bits per heavy atom. The molecule has 0 bridgehead atoms. The Morgan fingerprint density at radius 2 is 0.615 bits per heavy atom. The number of rotatable bonds is 15. The molecule has 9 heteroatoms. The van der Waals surface area contributed by atoms with E-state index in [2.05, 4.69) is 469 Å². The number of hydrogen-bond donors (Lipinski definition) is 1. The lowest BCUT2D eigenvalue weighted by atomic mass is 9.84. The Labute approximate surface area is 717 Å². The summed E-state index contributed by atoms with van der Waals surface area (Å²) in [4.78, 5) is 7.31. The first-order valence-electron chi connectivity index (χ1n) is 41.7. The number of aryl methyl sites for hydroxylation is 2. The van der Waals surface area contributed by atoms with E-state index in [-0.39, 0.29) is 32.5 Å². The van der Waals surface area contributed by atoms with Crippen LogP contribution >= 0.6 is 34.3 Å². The van der Waals surface area contributed by atoms with Gasteiger partial charge in [0.05, 0.1) is 38.9 Å². The average molecular weight is 1630 g/mol. The first-order chi connectivity index (χ1) is 54.8. The molecule has 0 unspecified atom stereocenters. The van der Waals surface area contributed by atoms with E-state index in [0.29, 0.717) is 0 Å². The summed E-state index contributed by atoms with van der Waals surface area (Å²) >= 11 is 10.2. The quantitative estimate of drug-likeness (QED) is 0.103. The first kappa shape index (κ1) is 86.8. The van der Waals surface area contributed by atoms with Crippen LogP contribution in [0, 0.1) is 13.8 Å². The molecule has 12 aromatic carbocycles. The molecule has 0 atom stereocenters. The van der Waals surface area contributed by atoms with Crippen LogP contribution in [-0.4, -0.2) is 16.1 Å². The predicted molar refractivity (Wildman–Crippen MR) is 527 cm³/mol. The van der Waals surface area contributed by atoms with Crippen molar-refractivity contribution in [3.63, 3.8) is 0 Å². The molecule has 14 rings (SSSR count). The zero-order valence-corrected chi connectivity index (χ0v) is 79.0. The summed E-state index contributed by atoms with van der Waals surface area (Å²) in [7, 11) is -2.85. The average Bonchev–Trinajstić information content (AvgIpc) is 1.50. The third kappa shape index (κ3) is 20.8. The molecule has 0 aliphatic heterocycles. The molecular formula is C108H125ClN4S2Si2. The molecule has 0 radical (unpaired) electrons. The number of anilines is 11. The number of benzene rings is 12. The van der Waals surface area contributed by atoms with Crippen molar-refractivity contribution in [2.75, 3.05) is 20.0 Å². The van der Waals surface area contributed by atoms with Crippen LogP contribution in [0.4, 0.5) is 62.6 Å². The van der Waals surface area contributed by atoms with E-state index in [9.17, 15) is 0 Å². The van der Waals surface area contributed by atoms with Crippen molar-refractivity contribution < 1.29 is 0 Å². The summed E-state index contributed by atoms with van der Waals surface area (Å²) in [5, 5.41) is 14.6. The highest BCUT2D eigenvalue weighted by Gasteiger charge is 2.29. The number of nitrogens with one attached hydrogen (secondary N) is 1. The zero-order chi connectivity index (χ0) is 84.7. The highest BCUT2D eigenvalue weighted by Crippen LogP contribution is 2.50. The highest BCUT2D eigenvalue weighted by molar-refractivity contribution is 7.18. The Kier molecular flexibility index (Phi) is 25.3. The molecule has 2 heterocycles. The minimum Gasteiger partial charge on any atom is -0.354 e. The largest absolute Gasteiger partial charge is 0.354 e. The van der Waals surface area contributed by atoms with Crippen LogP contribution in [-0.2, 0) is 32.5 Å². The third-order valence-electron chi connectivity index (χ3n) is 22.3. The van der Waals surface area contributed by atoms with Gasteiger partial charge in [-0.05, 0) is 223 Å². The Hall–Kier alpha value is -9.52. The van der Waals surface area contributed by atoms with Crippen LogP contribution in [0.15, 0.2) is 278 Å². The normalized spacial score (nSPS) is 12.4. The van der Waals surface area contributed by atoms with Crippen LogP contribution in [0.3, 0.4) is 0 Å². The standard InChI is InChI=1S/C54H62N2SSi.C33H36ClN.C21H27NSSi/c1-37-31-44(55(42-24-19-39(20-25-42)52(2,3)4)49-29-23-41(54(8,9)10)33-47(49)38-17-15-14-16-18-38)34-45(32-37)56(43-26-21-40(22-27-43)53(5,6)7)50-36-57-51-30-28-46(35-48(50)51)58(11,12)13;1-23-19-27(34)22-29(20-23)35(28-16-13-25(14-17-28)32(2,3)4)31-18-15-26(33(5,6)7)21-30(31)24-11-9-8-10-12-24;1-21(2,3)15-7-9-16(10-8-15)22-19-14-23-20-12-11-17(13-18(19)20)24(4,5)6/h14-36H,1-13H3;8-22H,1-7H3;7-14,22H,1-6H3. The van der Waals surface area contributed by atoms with Crippen LogP contribution in [0.5, 0.6) is 0 Å². The van der Waals surface area contributed by atoms with E-state index < -0.39 is 16.1 Å². The van der Waals surface area contributed by atoms with Crippen molar-refractivity contribution in [1.29, 1.82) is 0 Å². The minimum absolute atomic E-state index is 0.000551. The maximum Gasteiger partial charge on any atom is 0.0776 e. The van der Waals surface area contributed by atoms with Crippen LogP contribution in [0.2, 0.25) is 44.3 Å². The molecule has 14 aromatic rings. The minimum atomic E-state index is -1.56. The van der Waals surface area contributed by atoms with E-state index in [4.69, 9.17) is 11.6 Å². The van der Waals surface area contributed by atoms with Gasteiger partial charge in [0.2, 0.25) is 0 Å². The van der Waals surface area contributed by atoms with Crippen molar-refractivity contribution in [2.24, 2.45) is 0 Å². The SMILES string of the molecule is CC(C)(C)c1ccc(Nc2csc3ccc([Si](C)(C)C)cc23)cc1.Cc1cc(Cl)cc(N(c2ccc(C(C)(C)C)cc2)c2ccc(C(C)(C)C)cc2-c2ccccc2)c1.Cc1cc(N(c2ccc(C(C)(C)C)cc2)c2ccc(C(C)(C)C)cc2-c2ccccc2)cc(N(c2ccc(C(C)(C)C)cc2)c2csc3ccc([Si](C)(C)C)cc23)c1. The summed E-state index contributed by atoms with van der Waals surface area (Å²) in [6.45, 7) is 59.8. The van der Waals surface area contributed by atoms with Gasteiger partial charge in [0.1, 0.15) is 0 Å². The molecule has 0 saturated heterocycles. The van der Waals surface area contributed by atoms with E-state index in [1.807, 2.05) is 28.7 Å². The maximum absolute atomic E-state index is 6.57. The fraction of sp³-hybridized carbons (Fsp3) is 0.296. The molecule has 2 aromatic heterocycles. The summed E-state index contributed by atoms with van der Waals surface area (Å²) in [5.74, 6) is 0. The summed E-state index contributed by atoms with van der Waals surface area (Å²) in [6, 6.07) is 99.3. The number of hydrogen-bond acceptors (Lipinski definition) is 6. The fourth-order valence-corrected chi connectivity index (χ4v) is 19.4. The van der Waals surface area contributed by atoms with E-state index >= 15 is 0 Å². The van der Waals surface area contributed by atoms with Gasteiger partial charge in [-0.1, -0.05) is 331 Å². The molecule has 1 N–H and O–H groups in total. The van der Waals surface area contributed by atoms with Crippen LogP contribution < -0.4 is 30.4 Å². The fourth-order valence-electron chi connectivity index (χ4n) is 15.0. The van der Waals surface area contributed by atoms with E-state index in [1.54, 1.807) is 0 Å². The smallest absolute Gasteiger partial charge is 0.0776 e. The van der Waals surface area contributed by atoms with Gasteiger partial charge in [-0.2, -0.15) is 0 Å². The second-order valence-corrected chi connectivity index (χ2v) is 52.7. The third-order valence-corrected chi connectivity index (χ3v) is 28.5. The lowest BCUT2D eigenvalue weighted by molar-refractivity contribution is 0.590. The van der Waals surface area contributed by atoms with E-state index in [0.717, 1.165) is 61.8 Å². The first-order valence-corrected chi connectivity index (χ1v) is 50.8. The summed E-state index contributed by atoms with van der Waals surface area (Å²) in [5.41, 5.74) is 28.2. The maximum atomic E-state index is 6.57. The highest BCUT2D eigenvalue weighted by atomic mass is 35.5. The number of thiophene rings is 2. The Balaban J connectivity index is 0.000000180. The van der Waals surface area contributed by atoms with Crippen molar-refractivity contribution >= 4 is 144 Å². The number of nitrogens with zero attached hydrogens (tertiary/aromatic N) is 3. The second kappa shape index (κ2) is 34.1. The Morgan fingerprint density at radius 3 is 0.983 bits per heavy atom. The molecule has 604 valence electrons. The van der Waals surface area contributed by atoms with Gasteiger partial charge >= 0.3 is 0 Å². The molecule has 0 aliphatic rings. The van der Waals surface area contributed by atoms with Gasteiger partial charge in [-0.15, -0.1) is 22.7 Å². The molecular weight excluding hydrogens is 1510 g/mol. The summed E-state index contributed by atoms with van der Waals surface area (Å²) < 4.78 is 2.67. The van der Waals surface area contributed by atoms with Gasteiger partial charge in [-0.25, -0.2) is 0 Å². The predicted octanol–water partition coefficient (Wildman–Crippen LogP) is 33.1. The van der Waals surface area contributed by atoms with Crippen molar-refractivity contribution in [3.8, 4) is 22.3 Å². The second-order valence-electron chi connectivity index (χ2n) is 40.3. The molecule has 0 spiro atoms. The van der Waals surface area contributed by atoms with Gasteiger partial charge in [0.15, 0.2) is 0 Å². The molecule has 4 nitrogen and oxygen atoms in total. The molecule has 0 saturated carbocycles. The topological polar surface area (TPSA) is 21.8 Å². The van der Waals surface area contributed by atoms with Gasteiger partial charge in [0, 0.05) is 86.9 Å². The van der Waals surface area contributed by atoms with Gasteiger partial charge in [0.25, 0.3) is 0 Å². The van der Waals surface area contributed by atoms with Crippen LogP contribution in [0.25, 0.3) is 42.4 Å². The molecule has 0 amide bonds. The van der Waals surface area contributed by atoms with Crippen molar-refractivity contribution in [1.82, 2.24) is 0 Å². The lowest BCUT2D eigenvalue weighted by Crippen LogP contribution is -2.37. The monoisotopic (exact) mass is 1630 g/mol.